The summed E-state index contributed by atoms with van der Waals surface area (Å²) in [6, 6.07) is 4.42. The van der Waals surface area contributed by atoms with Crippen LogP contribution in [-0.2, 0) is 0 Å². The second-order valence-electron chi connectivity index (χ2n) is 5.00. The van der Waals surface area contributed by atoms with Crippen molar-refractivity contribution in [2.75, 3.05) is 17.2 Å². The van der Waals surface area contributed by atoms with Gasteiger partial charge in [-0.05, 0) is 18.6 Å². The van der Waals surface area contributed by atoms with E-state index in [-0.39, 0.29) is 11.4 Å². The minimum Gasteiger partial charge on any atom is -0.370 e. The van der Waals surface area contributed by atoms with E-state index >= 15 is 0 Å². The Balaban J connectivity index is 2.01. The Kier molecular flexibility index (Phi) is 5.96. The molecular weight excluding hydrogens is 302 g/mol. The summed E-state index contributed by atoms with van der Waals surface area (Å²) in [5, 5.41) is 5.46. The molecule has 1 aromatic heterocycles. The van der Waals surface area contributed by atoms with E-state index in [2.05, 4.69) is 27.5 Å². The molecule has 5 nitrogen and oxygen atoms in total. The molecule has 0 aliphatic carbocycles. The maximum Gasteiger partial charge on any atom is 0.274 e. The number of rotatable bonds is 7. The van der Waals surface area contributed by atoms with Gasteiger partial charge >= 0.3 is 0 Å². The van der Waals surface area contributed by atoms with Crippen LogP contribution in [0.15, 0.2) is 30.6 Å². The summed E-state index contributed by atoms with van der Waals surface area (Å²) in [6.07, 6.45) is 4.48. The third kappa shape index (κ3) is 4.98. The number of amides is 1. The third-order valence-corrected chi connectivity index (χ3v) is 3.17. The molecule has 0 aliphatic rings. The van der Waals surface area contributed by atoms with E-state index in [4.69, 9.17) is 0 Å². The van der Waals surface area contributed by atoms with Gasteiger partial charge < -0.3 is 10.6 Å². The first kappa shape index (κ1) is 16.8. The molecule has 0 radical (unpaired) electrons. The predicted octanol–water partition coefficient (Wildman–Crippen LogP) is 3.61. The van der Waals surface area contributed by atoms with Crippen molar-refractivity contribution >= 4 is 17.4 Å². The Hall–Kier alpha value is -2.57. The molecule has 0 atom stereocenters. The molecule has 2 rings (SSSR count). The molecule has 1 aromatic carbocycles. The number of unbranched alkanes of at least 4 members (excludes halogenated alkanes) is 2. The van der Waals surface area contributed by atoms with Crippen molar-refractivity contribution in [1.82, 2.24) is 9.97 Å². The lowest BCUT2D eigenvalue weighted by Gasteiger charge is -2.08. The lowest BCUT2D eigenvalue weighted by atomic mass is 10.2. The van der Waals surface area contributed by atoms with E-state index in [1.807, 2.05) is 0 Å². The van der Waals surface area contributed by atoms with Crippen molar-refractivity contribution in [1.29, 1.82) is 0 Å². The number of hydrogen-bond acceptors (Lipinski definition) is 4. The van der Waals surface area contributed by atoms with Crippen molar-refractivity contribution in [3.8, 4) is 0 Å². The lowest BCUT2D eigenvalue weighted by molar-refractivity contribution is 0.102. The fraction of sp³-hybridized carbons (Fsp3) is 0.312. The van der Waals surface area contributed by atoms with E-state index in [0.717, 1.165) is 37.9 Å². The predicted molar refractivity (Wildman–Crippen MR) is 84.4 cm³/mol. The molecule has 1 heterocycles. The fourth-order valence-corrected chi connectivity index (χ4v) is 1.95. The molecule has 0 saturated carbocycles. The number of aromatic nitrogens is 2. The molecule has 23 heavy (non-hydrogen) atoms. The maximum atomic E-state index is 13.5. The Morgan fingerprint density at radius 2 is 2.00 bits per heavy atom. The second-order valence-corrected chi connectivity index (χ2v) is 5.00. The van der Waals surface area contributed by atoms with E-state index in [1.165, 1.54) is 12.4 Å². The van der Waals surface area contributed by atoms with Gasteiger partial charge in [0.05, 0.1) is 5.69 Å². The highest BCUT2D eigenvalue weighted by Gasteiger charge is 2.12. The molecular formula is C16H18F2N4O. The molecule has 7 heteroatoms. The molecule has 2 N–H and O–H groups in total. The summed E-state index contributed by atoms with van der Waals surface area (Å²) in [7, 11) is 0. The minimum absolute atomic E-state index is 0.0988. The summed E-state index contributed by atoms with van der Waals surface area (Å²) >= 11 is 0. The van der Waals surface area contributed by atoms with Crippen molar-refractivity contribution in [3.63, 3.8) is 0 Å². The van der Waals surface area contributed by atoms with Gasteiger partial charge in [0.2, 0.25) is 0 Å². The smallest absolute Gasteiger partial charge is 0.274 e. The zero-order chi connectivity index (χ0) is 16.7. The number of benzene rings is 1. The maximum absolute atomic E-state index is 13.5. The zero-order valence-electron chi connectivity index (χ0n) is 12.8. The van der Waals surface area contributed by atoms with Gasteiger partial charge in [-0.3, -0.25) is 4.79 Å². The molecule has 0 fully saturated rings. The van der Waals surface area contributed by atoms with E-state index in [9.17, 15) is 13.6 Å². The quantitative estimate of drug-likeness (QED) is 0.765. The Morgan fingerprint density at radius 3 is 2.74 bits per heavy atom. The van der Waals surface area contributed by atoms with Crippen LogP contribution in [0.2, 0.25) is 0 Å². The van der Waals surface area contributed by atoms with Gasteiger partial charge in [-0.2, -0.15) is 0 Å². The van der Waals surface area contributed by atoms with Crippen LogP contribution in [-0.4, -0.2) is 22.4 Å². The first-order valence-electron chi connectivity index (χ1n) is 7.42. The molecule has 1 amide bonds. The van der Waals surface area contributed by atoms with Crippen LogP contribution in [0, 0.1) is 11.6 Å². The van der Waals surface area contributed by atoms with Crippen molar-refractivity contribution < 1.29 is 13.6 Å². The number of carbonyl (C=O) groups is 1. The largest absolute Gasteiger partial charge is 0.370 e. The number of carbonyl (C=O) groups excluding carboxylic acids is 1. The average molecular weight is 320 g/mol. The third-order valence-electron chi connectivity index (χ3n) is 3.17. The Labute approximate surface area is 133 Å². The van der Waals surface area contributed by atoms with Gasteiger partial charge in [0.1, 0.15) is 29.5 Å². The summed E-state index contributed by atoms with van der Waals surface area (Å²) in [4.78, 5) is 20.0. The number of nitrogens with one attached hydrogen (secondary N) is 2. The molecule has 0 unspecified atom stereocenters. The fourth-order valence-electron chi connectivity index (χ4n) is 1.95. The highest BCUT2D eigenvalue weighted by Crippen LogP contribution is 2.16. The molecule has 0 aliphatic heterocycles. The summed E-state index contributed by atoms with van der Waals surface area (Å²) in [6.45, 7) is 2.86. The van der Waals surface area contributed by atoms with Crippen LogP contribution in [0.4, 0.5) is 20.3 Å². The van der Waals surface area contributed by atoms with Gasteiger partial charge in [-0.15, -0.1) is 0 Å². The van der Waals surface area contributed by atoms with Gasteiger partial charge in [0.25, 0.3) is 5.91 Å². The van der Waals surface area contributed by atoms with Crippen LogP contribution in [0.1, 0.15) is 36.7 Å². The molecule has 122 valence electrons. The normalized spacial score (nSPS) is 10.4. The van der Waals surface area contributed by atoms with Crippen LogP contribution < -0.4 is 10.6 Å². The summed E-state index contributed by atoms with van der Waals surface area (Å²) in [5.74, 6) is -1.61. The highest BCUT2D eigenvalue weighted by molar-refractivity contribution is 6.03. The molecule has 0 bridgehead atoms. The highest BCUT2D eigenvalue weighted by atomic mass is 19.1. The Bertz CT molecular complexity index is 679. The van der Waals surface area contributed by atoms with Crippen LogP contribution in [0.3, 0.4) is 0 Å². The van der Waals surface area contributed by atoms with E-state index in [1.54, 1.807) is 0 Å². The summed E-state index contributed by atoms with van der Waals surface area (Å²) in [5.41, 5.74) is -0.00539. The van der Waals surface area contributed by atoms with Crippen LogP contribution in [0.25, 0.3) is 0 Å². The van der Waals surface area contributed by atoms with Gasteiger partial charge in [0, 0.05) is 18.7 Å². The van der Waals surface area contributed by atoms with Gasteiger partial charge in [-0.25, -0.2) is 18.7 Å². The first-order chi connectivity index (χ1) is 11.1. The Morgan fingerprint density at radius 1 is 1.17 bits per heavy atom. The van der Waals surface area contributed by atoms with Gasteiger partial charge in [-0.1, -0.05) is 19.8 Å². The molecule has 2 aromatic rings. The SMILES string of the molecule is CCCCCNc1cc(C(=O)Nc2ccc(F)cc2F)ncn1. The van der Waals surface area contributed by atoms with Crippen molar-refractivity contribution in [2.24, 2.45) is 0 Å². The number of halogens is 2. The minimum atomic E-state index is -0.842. The van der Waals surface area contributed by atoms with Crippen LogP contribution >= 0.6 is 0 Å². The van der Waals surface area contributed by atoms with E-state index < -0.39 is 17.5 Å². The number of anilines is 2. The first-order valence-corrected chi connectivity index (χ1v) is 7.42. The number of nitrogens with zero attached hydrogens (tertiary/aromatic N) is 2. The van der Waals surface area contributed by atoms with E-state index in [0.29, 0.717) is 11.9 Å². The standard InChI is InChI=1S/C16H18F2N4O/c1-2-3-4-7-19-15-9-14(20-10-21-15)16(23)22-13-6-5-11(17)8-12(13)18/h5-6,8-10H,2-4,7H2,1H3,(H,22,23)(H,19,20,21). The van der Waals surface area contributed by atoms with Crippen LogP contribution in [0.5, 0.6) is 0 Å². The molecule has 0 saturated heterocycles. The number of hydrogen-bond donors (Lipinski definition) is 2. The van der Waals surface area contributed by atoms with Crippen molar-refractivity contribution in [2.45, 2.75) is 26.2 Å². The topological polar surface area (TPSA) is 66.9 Å². The average Bonchev–Trinajstić information content (AvgIpc) is 2.54. The second kappa shape index (κ2) is 8.17. The van der Waals surface area contributed by atoms with Crippen molar-refractivity contribution in [3.05, 3.63) is 47.9 Å². The lowest BCUT2D eigenvalue weighted by Crippen LogP contribution is -2.15. The molecule has 0 spiro atoms. The van der Waals surface area contributed by atoms with Gasteiger partial charge in [0.15, 0.2) is 0 Å². The zero-order valence-corrected chi connectivity index (χ0v) is 12.8. The summed E-state index contributed by atoms with van der Waals surface area (Å²) < 4.78 is 26.4. The monoisotopic (exact) mass is 320 g/mol.